The SMILES string of the molecule is CNC(c1cc(F)cc(F)c1)c1cc2c(s1)CCCC2. The van der Waals surface area contributed by atoms with Crippen LogP contribution in [0.4, 0.5) is 8.78 Å². The third-order valence-corrected chi connectivity index (χ3v) is 5.11. The van der Waals surface area contributed by atoms with Crippen LogP contribution in [0.3, 0.4) is 0 Å². The second kappa shape index (κ2) is 5.62. The largest absolute Gasteiger partial charge is 0.309 e. The Morgan fingerprint density at radius 1 is 1.05 bits per heavy atom. The molecule has 1 unspecified atom stereocenters. The van der Waals surface area contributed by atoms with E-state index in [0.29, 0.717) is 5.56 Å². The van der Waals surface area contributed by atoms with Crippen LogP contribution in [0.1, 0.15) is 39.8 Å². The summed E-state index contributed by atoms with van der Waals surface area (Å²) < 4.78 is 26.8. The van der Waals surface area contributed by atoms with Crippen LogP contribution in [0.15, 0.2) is 24.3 Å². The molecule has 4 heteroatoms. The zero-order chi connectivity index (χ0) is 14.1. The van der Waals surface area contributed by atoms with Gasteiger partial charge in [0.05, 0.1) is 6.04 Å². The fourth-order valence-electron chi connectivity index (χ4n) is 2.87. The first-order valence-corrected chi connectivity index (χ1v) is 7.74. The molecule has 0 fully saturated rings. The van der Waals surface area contributed by atoms with E-state index in [0.717, 1.165) is 23.8 Å². The molecule has 1 aliphatic rings. The van der Waals surface area contributed by atoms with Gasteiger partial charge in [-0.3, -0.25) is 0 Å². The quantitative estimate of drug-likeness (QED) is 0.893. The molecule has 106 valence electrons. The molecular formula is C16H17F2NS. The summed E-state index contributed by atoms with van der Waals surface area (Å²) >= 11 is 1.77. The molecule has 20 heavy (non-hydrogen) atoms. The normalized spacial score (nSPS) is 15.9. The van der Waals surface area contributed by atoms with Crippen molar-refractivity contribution >= 4 is 11.3 Å². The van der Waals surface area contributed by atoms with Gasteiger partial charge in [-0.15, -0.1) is 11.3 Å². The predicted molar refractivity (Wildman–Crippen MR) is 78.2 cm³/mol. The highest BCUT2D eigenvalue weighted by Crippen LogP contribution is 2.35. The zero-order valence-corrected chi connectivity index (χ0v) is 12.2. The number of hydrogen-bond donors (Lipinski definition) is 1. The minimum atomic E-state index is -0.526. The molecule has 2 aromatic rings. The monoisotopic (exact) mass is 293 g/mol. The summed E-state index contributed by atoms with van der Waals surface area (Å²) in [5.74, 6) is -1.05. The topological polar surface area (TPSA) is 12.0 Å². The van der Waals surface area contributed by atoms with Gasteiger partial charge in [-0.05, 0) is 62.1 Å². The van der Waals surface area contributed by atoms with Gasteiger partial charge in [0.1, 0.15) is 11.6 Å². The molecule has 0 amide bonds. The highest BCUT2D eigenvalue weighted by Gasteiger charge is 2.20. The third kappa shape index (κ3) is 2.63. The maximum absolute atomic E-state index is 13.4. The van der Waals surface area contributed by atoms with E-state index in [1.807, 2.05) is 7.05 Å². The van der Waals surface area contributed by atoms with Crippen LogP contribution in [-0.2, 0) is 12.8 Å². The molecular weight excluding hydrogens is 276 g/mol. The Morgan fingerprint density at radius 3 is 2.40 bits per heavy atom. The Hall–Kier alpha value is -1.26. The molecule has 1 nitrogen and oxygen atoms in total. The van der Waals surface area contributed by atoms with Crippen molar-refractivity contribution in [3.05, 3.63) is 56.8 Å². The fourth-order valence-corrected chi connectivity index (χ4v) is 4.27. The molecule has 1 N–H and O–H groups in total. The van der Waals surface area contributed by atoms with Gasteiger partial charge in [0.25, 0.3) is 0 Å². The van der Waals surface area contributed by atoms with E-state index in [2.05, 4.69) is 11.4 Å². The number of halogens is 2. The highest BCUT2D eigenvalue weighted by molar-refractivity contribution is 7.12. The van der Waals surface area contributed by atoms with Crippen LogP contribution in [0.5, 0.6) is 0 Å². The molecule has 3 rings (SSSR count). The van der Waals surface area contributed by atoms with E-state index in [9.17, 15) is 8.78 Å². The number of benzene rings is 1. The fraction of sp³-hybridized carbons (Fsp3) is 0.375. The van der Waals surface area contributed by atoms with Crippen LogP contribution in [0.25, 0.3) is 0 Å². The summed E-state index contributed by atoms with van der Waals surface area (Å²) in [6.07, 6.45) is 4.74. The number of hydrogen-bond acceptors (Lipinski definition) is 2. The Bertz CT molecular complexity index is 577. The standard InChI is InChI=1S/C16H17F2NS/c1-19-16(11-6-12(17)9-13(18)7-11)15-8-10-4-2-3-5-14(10)20-15/h6-9,16,19H,2-5H2,1H3. The molecule has 0 saturated carbocycles. The number of nitrogens with one attached hydrogen (secondary N) is 1. The van der Waals surface area contributed by atoms with Gasteiger partial charge < -0.3 is 5.32 Å². The summed E-state index contributed by atoms with van der Waals surface area (Å²) in [4.78, 5) is 2.58. The van der Waals surface area contributed by atoms with Crippen LogP contribution < -0.4 is 5.32 Å². The Morgan fingerprint density at radius 2 is 1.75 bits per heavy atom. The lowest BCUT2D eigenvalue weighted by Crippen LogP contribution is -2.16. The molecule has 1 atom stereocenters. The molecule has 1 aromatic carbocycles. The van der Waals surface area contributed by atoms with E-state index in [1.165, 1.54) is 35.4 Å². The van der Waals surface area contributed by atoms with Crippen molar-refractivity contribution in [1.82, 2.24) is 5.32 Å². The molecule has 0 aliphatic heterocycles. The smallest absolute Gasteiger partial charge is 0.126 e. The van der Waals surface area contributed by atoms with Gasteiger partial charge in [0.2, 0.25) is 0 Å². The van der Waals surface area contributed by atoms with Crippen molar-refractivity contribution in [2.24, 2.45) is 0 Å². The van der Waals surface area contributed by atoms with Gasteiger partial charge in [-0.2, -0.15) is 0 Å². The molecule has 0 spiro atoms. The van der Waals surface area contributed by atoms with Crippen LogP contribution in [-0.4, -0.2) is 7.05 Å². The lowest BCUT2D eigenvalue weighted by molar-refractivity contribution is 0.572. The maximum atomic E-state index is 13.4. The number of aryl methyl sites for hydroxylation is 2. The lowest BCUT2D eigenvalue weighted by Gasteiger charge is -2.15. The van der Waals surface area contributed by atoms with Crippen molar-refractivity contribution in [3.63, 3.8) is 0 Å². The van der Waals surface area contributed by atoms with Gasteiger partial charge in [-0.1, -0.05) is 0 Å². The van der Waals surface area contributed by atoms with Crippen molar-refractivity contribution in [2.45, 2.75) is 31.7 Å². The van der Waals surface area contributed by atoms with E-state index in [1.54, 1.807) is 11.3 Å². The van der Waals surface area contributed by atoms with Crippen LogP contribution in [0.2, 0.25) is 0 Å². The molecule has 0 bridgehead atoms. The summed E-state index contributed by atoms with van der Waals surface area (Å²) in [7, 11) is 1.83. The van der Waals surface area contributed by atoms with Gasteiger partial charge in [0, 0.05) is 15.8 Å². The summed E-state index contributed by atoms with van der Waals surface area (Å²) in [5, 5.41) is 3.18. The number of rotatable bonds is 3. The second-order valence-corrected chi connectivity index (χ2v) is 6.40. The summed E-state index contributed by atoms with van der Waals surface area (Å²) in [6.45, 7) is 0. The van der Waals surface area contributed by atoms with Crippen molar-refractivity contribution in [1.29, 1.82) is 0 Å². The Kier molecular flexibility index (Phi) is 3.85. The minimum Gasteiger partial charge on any atom is -0.309 e. The second-order valence-electron chi connectivity index (χ2n) is 5.23. The molecule has 1 aliphatic carbocycles. The first-order chi connectivity index (χ1) is 9.67. The van der Waals surface area contributed by atoms with Crippen molar-refractivity contribution < 1.29 is 8.78 Å². The first kappa shape index (κ1) is 13.7. The average Bonchev–Trinajstić information content (AvgIpc) is 2.81. The zero-order valence-electron chi connectivity index (χ0n) is 11.4. The summed E-state index contributed by atoms with van der Waals surface area (Å²) in [5.41, 5.74) is 2.05. The molecule has 0 radical (unpaired) electrons. The molecule has 0 saturated heterocycles. The van der Waals surface area contributed by atoms with E-state index < -0.39 is 11.6 Å². The van der Waals surface area contributed by atoms with E-state index in [4.69, 9.17) is 0 Å². The predicted octanol–water partition coefficient (Wildman–Crippen LogP) is 4.21. The third-order valence-electron chi connectivity index (χ3n) is 3.81. The average molecular weight is 293 g/mol. The Labute approximate surface area is 121 Å². The summed E-state index contributed by atoms with van der Waals surface area (Å²) in [6, 6.07) is 5.78. The minimum absolute atomic E-state index is 0.143. The molecule has 1 aromatic heterocycles. The first-order valence-electron chi connectivity index (χ1n) is 6.92. The number of thiophene rings is 1. The van der Waals surface area contributed by atoms with Gasteiger partial charge in [-0.25, -0.2) is 8.78 Å². The van der Waals surface area contributed by atoms with Crippen LogP contribution >= 0.6 is 11.3 Å². The Balaban J connectivity index is 1.98. The molecule has 1 heterocycles. The van der Waals surface area contributed by atoms with Crippen molar-refractivity contribution in [3.8, 4) is 0 Å². The van der Waals surface area contributed by atoms with Crippen molar-refractivity contribution in [2.75, 3.05) is 7.05 Å². The van der Waals surface area contributed by atoms with Gasteiger partial charge >= 0.3 is 0 Å². The lowest BCUT2D eigenvalue weighted by atomic mass is 9.98. The van der Waals surface area contributed by atoms with Gasteiger partial charge in [0.15, 0.2) is 0 Å². The van der Waals surface area contributed by atoms with Crippen LogP contribution in [0, 0.1) is 11.6 Å². The van der Waals surface area contributed by atoms with E-state index in [-0.39, 0.29) is 6.04 Å². The van der Waals surface area contributed by atoms with E-state index >= 15 is 0 Å². The maximum Gasteiger partial charge on any atom is 0.126 e. The highest BCUT2D eigenvalue weighted by atomic mass is 32.1. The number of fused-ring (bicyclic) bond motifs is 1.